The van der Waals surface area contributed by atoms with Crippen molar-refractivity contribution < 1.29 is 0 Å². The summed E-state index contributed by atoms with van der Waals surface area (Å²) in [7, 11) is 0. The molecule has 2 N–H and O–H groups in total. The van der Waals surface area contributed by atoms with Crippen LogP contribution in [0.3, 0.4) is 0 Å². The van der Waals surface area contributed by atoms with Crippen LogP contribution in [0.5, 0.6) is 0 Å². The Bertz CT molecular complexity index is 661. The second kappa shape index (κ2) is 8.51. The molecule has 0 spiro atoms. The zero-order valence-electron chi connectivity index (χ0n) is 12.3. The van der Waals surface area contributed by atoms with Crippen LogP contribution in [0.25, 0.3) is 0 Å². The molecule has 0 saturated carbocycles. The van der Waals surface area contributed by atoms with Crippen molar-refractivity contribution in [3.8, 4) is 0 Å². The molecule has 0 amide bonds. The quantitative estimate of drug-likeness (QED) is 0.526. The molecule has 0 aromatic heterocycles. The van der Waals surface area contributed by atoms with Gasteiger partial charge in [0.15, 0.2) is 5.11 Å². The van der Waals surface area contributed by atoms with E-state index < -0.39 is 0 Å². The molecule has 2 nitrogen and oxygen atoms in total. The third-order valence-corrected chi connectivity index (χ3v) is 4.67. The number of hydrogen-bond donors (Lipinski definition) is 2. The van der Waals surface area contributed by atoms with Crippen molar-refractivity contribution in [2.75, 3.05) is 11.9 Å². The highest BCUT2D eigenvalue weighted by Crippen LogP contribution is 2.25. The molecule has 0 radical (unpaired) electrons. The monoisotopic (exact) mass is 396 g/mol. The first kappa shape index (κ1) is 17.3. The standard InChI is InChI=1S/C17H18BrClN2S/c1-12-4-2-5-13(10-12)6-3-9-20-17(22)21-14-7-8-15(18)16(19)11-14/h2,4-5,7-8,10-11H,3,6,9H2,1H3,(H2,20,21,22). The number of hydrogen-bond acceptors (Lipinski definition) is 1. The van der Waals surface area contributed by atoms with Crippen LogP contribution in [0.15, 0.2) is 46.9 Å². The lowest BCUT2D eigenvalue weighted by molar-refractivity contribution is 0.777. The number of aryl methyl sites for hydroxylation is 2. The van der Waals surface area contributed by atoms with Gasteiger partial charge in [0.05, 0.1) is 5.02 Å². The maximum Gasteiger partial charge on any atom is 0.170 e. The molecule has 2 rings (SSSR count). The number of thiocarbonyl (C=S) groups is 1. The van der Waals surface area contributed by atoms with E-state index in [0.29, 0.717) is 10.1 Å². The van der Waals surface area contributed by atoms with Crippen molar-refractivity contribution in [1.82, 2.24) is 5.32 Å². The van der Waals surface area contributed by atoms with Crippen LogP contribution in [0.4, 0.5) is 5.69 Å². The minimum Gasteiger partial charge on any atom is -0.362 e. The van der Waals surface area contributed by atoms with E-state index in [1.54, 1.807) is 0 Å². The van der Waals surface area contributed by atoms with Gasteiger partial charge in [0.2, 0.25) is 0 Å². The minimum atomic E-state index is 0.614. The van der Waals surface area contributed by atoms with E-state index in [4.69, 9.17) is 23.8 Å². The lowest BCUT2D eigenvalue weighted by Gasteiger charge is -2.11. The van der Waals surface area contributed by atoms with Gasteiger partial charge in [-0.2, -0.15) is 0 Å². The first-order valence-electron chi connectivity index (χ1n) is 7.10. The van der Waals surface area contributed by atoms with Crippen molar-refractivity contribution in [3.63, 3.8) is 0 Å². The molecule has 0 atom stereocenters. The molecule has 0 fully saturated rings. The molecule has 116 valence electrons. The van der Waals surface area contributed by atoms with Crippen molar-refractivity contribution in [1.29, 1.82) is 0 Å². The van der Waals surface area contributed by atoms with Crippen LogP contribution in [-0.2, 0) is 6.42 Å². The summed E-state index contributed by atoms with van der Waals surface area (Å²) in [4.78, 5) is 0. The molecular formula is C17H18BrClN2S. The van der Waals surface area contributed by atoms with Crippen LogP contribution in [0, 0.1) is 6.92 Å². The Labute approximate surface area is 150 Å². The predicted molar refractivity (Wildman–Crippen MR) is 103 cm³/mol. The second-order valence-electron chi connectivity index (χ2n) is 5.10. The van der Waals surface area contributed by atoms with Gasteiger partial charge in [-0.1, -0.05) is 41.4 Å². The van der Waals surface area contributed by atoms with Crippen molar-refractivity contribution in [2.45, 2.75) is 19.8 Å². The van der Waals surface area contributed by atoms with Gasteiger partial charge >= 0.3 is 0 Å². The largest absolute Gasteiger partial charge is 0.362 e. The average molecular weight is 398 g/mol. The van der Waals surface area contributed by atoms with Crippen molar-refractivity contribution in [2.24, 2.45) is 0 Å². The van der Waals surface area contributed by atoms with Crippen LogP contribution in [0.2, 0.25) is 5.02 Å². The summed E-state index contributed by atoms with van der Waals surface area (Å²) in [5, 5.41) is 7.62. The average Bonchev–Trinajstić information content (AvgIpc) is 2.48. The maximum atomic E-state index is 6.05. The van der Waals surface area contributed by atoms with Gasteiger partial charge in [0, 0.05) is 16.7 Å². The topological polar surface area (TPSA) is 24.1 Å². The van der Waals surface area contributed by atoms with E-state index in [-0.39, 0.29) is 0 Å². The van der Waals surface area contributed by atoms with Gasteiger partial charge < -0.3 is 10.6 Å². The van der Waals surface area contributed by atoms with Gasteiger partial charge in [0.1, 0.15) is 0 Å². The number of benzene rings is 2. The minimum absolute atomic E-state index is 0.614. The van der Waals surface area contributed by atoms with Gasteiger partial charge in [0.25, 0.3) is 0 Å². The van der Waals surface area contributed by atoms with Crippen LogP contribution < -0.4 is 10.6 Å². The lowest BCUT2D eigenvalue weighted by atomic mass is 10.1. The van der Waals surface area contributed by atoms with E-state index in [9.17, 15) is 0 Å². The molecule has 0 unspecified atom stereocenters. The van der Waals surface area contributed by atoms with Crippen LogP contribution in [-0.4, -0.2) is 11.7 Å². The molecule has 0 saturated heterocycles. The SMILES string of the molecule is Cc1cccc(CCCNC(=S)Nc2ccc(Br)c(Cl)c2)c1. The summed E-state index contributed by atoms with van der Waals surface area (Å²) in [6, 6.07) is 14.3. The molecule has 5 heteroatoms. The highest BCUT2D eigenvalue weighted by molar-refractivity contribution is 9.10. The highest BCUT2D eigenvalue weighted by atomic mass is 79.9. The third kappa shape index (κ3) is 5.59. The molecule has 2 aromatic rings. The second-order valence-corrected chi connectivity index (χ2v) is 6.77. The molecule has 2 aromatic carbocycles. The fraction of sp³-hybridized carbons (Fsp3) is 0.235. The van der Waals surface area contributed by atoms with E-state index in [2.05, 4.69) is 57.8 Å². The number of nitrogens with one attached hydrogen (secondary N) is 2. The lowest BCUT2D eigenvalue weighted by Crippen LogP contribution is -2.29. The summed E-state index contributed by atoms with van der Waals surface area (Å²) >= 11 is 14.7. The van der Waals surface area contributed by atoms with Gasteiger partial charge in [-0.25, -0.2) is 0 Å². The van der Waals surface area contributed by atoms with E-state index >= 15 is 0 Å². The number of anilines is 1. The molecule has 22 heavy (non-hydrogen) atoms. The normalized spacial score (nSPS) is 10.3. The zero-order chi connectivity index (χ0) is 15.9. The number of rotatable bonds is 5. The fourth-order valence-corrected chi connectivity index (χ4v) is 2.76. The summed E-state index contributed by atoms with van der Waals surface area (Å²) in [6.45, 7) is 2.95. The van der Waals surface area contributed by atoms with E-state index in [0.717, 1.165) is 29.5 Å². The fourth-order valence-electron chi connectivity index (χ4n) is 2.11. The Balaban J connectivity index is 1.72. The van der Waals surface area contributed by atoms with Crippen molar-refractivity contribution in [3.05, 3.63) is 63.1 Å². The molecular weight excluding hydrogens is 380 g/mol. The first-order valence-corrected chi connectivity index (χ1v) is 8.68. The molecule has 0 aliphatic heterocycles. The molecule has 0 aliphatic rings. The maximum absolute atomic E-state index is 6.05. The molecule has 0 aliphatic carbocycles. The van der Waals surface area contributed by atoms with Crippen LogP contribution in [0.1, 0.15) is 17.5 Å². The van der Waals surface area contributed by atoms with E-state index in [1.165, 1.54) is 11.1 Å². The van der Waals surface area contributed by atoms with Crippen molar-refractivity contribution >= 4 is 50.5 Å². The predicted octanol–water partition coefficient (Wildman–Crippen LogP) is 5.33. The van der Waals surface area contributed by atoms with Gasteiger partial charge in [-0.05, 0) is 71.7 Å². The first-order chi connectivity index (χ1) is 10.5. The summed E-state index contributed by atoms with van der Waals surface area (Å²) < 4.78 is 0.872. The Morgan fingerprint density at radius 1 is 1.23 bits per heavy atom. The Hall–Kier alpha value is -1.10. The Kier molecular flexibility index (Phi) is 6.68. The third-order valence-electron chi connectivity index (χ3n) is 3.19. The zero-order valence-corrected chi connectivity index (χ0v) is 15.5. The smallest absolute Gasteiger partial charge is 0.170 e. The van der Waals surface area contributed by atoms with E-state index in [1.807, 2.05) is 18.2 Å². The Morgan fingerprint density at radius 3 is 2.77 bits per heavy atom. The van der Waals surface area contributed by atoms with Gasteiger partial charge in [-0.3, -0.25) is 0 Å². The van der Waals surface area contributed by atoms with Crippen LogP contribution >= 0.6 is 39.7 Å². The molecule has 0 heterocycles. The molecule has 0 bridgehead atoms. The highest BCUT2D eigenvalue weighted by Gasteiger charge is 2.01. The Morgan fingerprint density at radius 2 is 2.05 bits per heavy atom. The summed E-state index contributed by atoms with van der Waals surface area (Å²) in [5.41, 5.74) is 3.54. The van der Waals surface area contributed by atoms with Gasteiger partial charge in [-0.15, -0.1) is 0 Å². The summed E-state index contributed by atoms with van der Waals surface area (Å²) in [5.74, 6) is 0. The summed E-state index contributed by atoms with van der Waals surface area (Å²) in [6.07, 6.45) is 2.08. The number of halogens is 2.